The molecule has 0 unspecified atom stereocenters. The summed E-state index contributed by atoms with van der Waals surface area (Å²) in [5.74, 6) is 0.585. The molecule has 126 valence electrons. The number of pyridine rings is 1. The Balaban J connectivity index is 1.81. The van der Waals surface area contributed by atoms with Crippen molar-refractivity contribution in [3.63, 3.8) is 0 Å². The average Bonchev–Trinajstić information content (AvgIpc) is 2.50. The monoisotopic (exact) mass is 345 g/mol. The first-order chi connectivity index (χ1) is 11.6. The van der Waals surface area contributed by atoms with Gasteiger partial charge in [-0.3, -0.25) is 0 Å². The fraction of sp³-hybridized carbons (Fsp3) is 0.333. The van der Waals surface area contributed by atoms with E-state index in [1.807, 2.05) is 6.07 Å². The highest BCUT2D eigenvalue weighted by atomic mass is 35.5. The van der Waals surface area contributed by atoms with E-state index in [-0.39, 0.29) is 5.56 Å². The molecule has 5 nitrogen and oxygen atoms in total. The second-order valence-corrected chi connectivity index (χ2v) is 6.34. The number of hydrogen-bond donors (Lipinski definition) is 2. The van der Waals surface area contributed by atoms with Crippen LogP contribution in [0.4, 0.5) is 17.3 Å². The van der Waals surface area contributed by atoms with Gasteiger partial charge >= 0.3 is 5.97 Å². The molecule has 0 saturated heterocycles. The van der Waals surface area contributed by atoms with Crippen LogP contribution >= 0.6 is 11.6 Å². The van der Waals surface area contributed by atoms with Crippen molar-refractivity contribution in [2.24, 2.45) is 0 Å². The van der Waals surface area contributed by atoms with E-state index in [0.29, 0.717) is 16.9 Å². The Morgan fingerprint density at radius 3 is 2.58 bits per heavy atom. The molecule has 1 heterocycles. The van der Waals surface area contributed by atoms with Crippen molar-refractivity contribution in [2.75, 3.05) is 16.8 Å². The first-order valence-electron chi connectivity index (χ1n) is 8.11. The number of anilines is 3. The number of carboxylic acid groups (broad SMARTS) is 1. The summed E-state index contributed by atoms with van der Waals surface area (Å²) in [4.78, 5) is 17.9. The number of halogens is 1. The zero-order chi connectivity index (χ0) is 17.1. The predicted molar refractivity (Wildman–Crippen MR) is 96.6 cm³/mol. The summed E-state index contributed by atoms with van der Waals surface area (Å²) in [6.07, 6.45) is 3.66. The van der Waals surface area contributed by atoms with Crippen molar-refractivity contribution in [2.45, 2.75) is 32.2 Å². The molecule has 2 aromatic rings. The van der Waals surface area contributed by atoms with Gasteiger partial charge < -0.3 is 15.3 Å². The Morgan fingerprint density at radius 1 is 1.33 bits per heavy atom. The molecular formula is C18H20ClN3O2. The molecule has 0 amide bonds. The van der Waals surface area contributed by atoms with Gasteiger partial charge in [0.15, 0.2) is 0 Å². The van der Waals surface area contributed by atoms with Gasteiger partial charge in [0.25, 0.3) is 0 Å². The van der Waals surface area contributed by atoms with Crippen LogP contribution in [0.3, 0.4) is 0 Å². The molecule has 0 atom stereocenters. The molecule has 3 rings (SSSR count). The second-order valence-electron chi connectivity index (χ2n) is 5.91. The average molecular weight is 346 g/mol. The maximum atomic E-state index is 10.9. The van der Waals surface area contributed by atoms with Crippen molar-refractivity contribution in [1.29, 1.82) is 0 Å². The van der Waals surface area contributed by atoms with E-state index in [1.54, 1.807) is 30.3 Å². The maximum absolute atomic E-state index is 10.9. The van der Waals surface area contributed by atoms with Gasteiger partial charge in [0.1, 0.15) is 11.6 Å². The molecule has 0 radical (unpaired) electrons. The molecular weight excluding hydrogens is 326 g/mol. The number of nitrogens with zero attached hydrogens (tertiary/aromatic N) is 2. The van der Waals surface area contributed by atoms with E-state index in [4.69, 9.17) is 16.7 Å². The number of benzene rings is 1. The Bertz CT molecular complexity index is 730. The minimum Gasteiger partial charge on any atom is -0.478 e. The van der Waals surface area contributed by atoms with Gasteiger partial charge in [-0.2, -0.15) is 0 Å². The molecule has 6 heteroatoms. The van der Waals surface area contributed by atoms with Crippen molar-refractivity contribution < 1.29 is 9.90 Å². The van der Waals surface area contributed by atoms with Gasteiger partial charge in [0.05, 0.1) is 5.56 Å². The van der Waals surface area contributed by atoms with E-state index >= 15 is 0 Å². The molecule has 0 spiro atoms. The second kappa shape index (κ2) is 7.09. The van der Waals surface area contributed by atoms with Gasteiger partial charge in [0, 0.05) is 23.3 Å². The predicted octanol–water partition coefficient (Wildman–Crippen LogP) is 4.56. The zero-order valence-corrected chi connectivity index (χ0v) is 14.3. The SMILES string of the molecule is CCN(c1cc(Cl)cc(Nc2ccc(C(=O)O)cc2)n1)C1CCC1. The number of hydrogen-bond acceptors (Lipinski definition) is 4. The van der Waals surface area contributed by atoms with Crippen LogP contribution in [-0.4, -0.2) is 28.6 Å². The van der Waals surface area contributed by atoms with E-state index in [9.17, 15) is 4.79 Å². The number of carboxylic acids is 1. The Morgan fingerprint density at radius 2 is 2.04 bits per heavy atom. The smallest absolute Gasteiger partial charge is 0.335 e. The molecule has 2 N–H and O–H groups in total. The fourth-order valence-electron chi connectivity index (χ4n) is 2.84. The van der Waals surface area contributed by atoms with Gasteiger partial charge in [-0.15, -0.1) is 0 Å². The summed E-state index contributed by atoms with van der Waals surface area (Å²) in [5, 5.41) is 12.8. The normalized spacial score (nSPS) is 14.1. The molecule has 0 bridgehead atoms. The number of rotatable bonds is 6. The lowest BCUT2D eigenvalue weighted by Crippen LogP contribution is -2.40. The van der Waals surface area contributed by atoms with E-state index in [1.165, 1.54) is 19.3 Å². The first-order valence-corrected chi connectivity index (χ1v) is 8.49. The standard InChI is InChI=1S/C18H20ClN3O2/c1-2-22(15-4-3-5-15)17-11-13(19)10-16(21-17)20-14-8-6-12(7-9-14)18(23)24/h6-11,15H,2-5H2,1H3,(H,20,21)(H,23,24). The third-order valence-corrected chi connectivity index (χ3v) is 4.55. The quantitative estimate of drug-likeness (QED) is 0.803. The molecule has 1 aliphatic rings. The molecule has 0 aliphatic heterocycles. The van der Waals surface area contributed by atoms with E-state index < -0.39 is 5.97 Å². The van der Waals surface area contributed by atoms with Crippen molar-refractivity contribution >= 4 is 34.9 Å². The van der Waals surface area contributed by atoms with Crippen LogP contribution in [0.2, 0.25) is 5.02 Å². The molecule has 1 aromatic heterocycles. The number of aromatic carboxylic acids is 1. The number of nitrogens with one attached hydrogen (secondary N) is 1. The van der Waals surface area contributed by atoms with Crippen LogP contribution in [0.15, 0.2) is 36.4 Å². The van der Waals surface area contributed by atoms with Crippen molar-refractivity contribution in [3.8, 4) is 0 Å². The highest BCUT2D eigenvalue weighted by Crippen LogP contribution is 2.31. The topological polar surface area (TPSA) is 65.5 Å². The lowest BCUT2D eigenvalue weighted by Gasteiger charge is -2.38. The minimum atomic E-state index is -0.941. The van der Waals surface area contributed by atoms with Crippen molar-refractivity contribution in [1.82, 2.24) is 4.98 Å². The molecule has 24 heavy (non-hydrogen) atoms. The van der Waals surface area contributed by atoms with Crippen LogP contribution in [0.25, 0.3) is 0 Å². The third-order valence-electron chi connectivity index (χ3n) is 4.33. The third kappa shape index (κ3) is 3.62. The fourth-order valence-corrected chi connectivity index (χ4v) is 3.05. The summed E-state index contributed by atoms with van der Waals surface area (Å²) < 4.78 is 0. The largest absolute Gasteiger partial charge is 0.478 e. The van der Waals surface area contributed by atoms with E-state index in [2.05, 4.69) is 22.1 Å². The van der Waals surface area contributed by atoms with Gasteiger partial charge in [-0.25, -0.2) is 9.78 Å². The summed E-state index contributed by atoms with van der Waals surface area (Å²) in [5.41, 5.74) is 1.02. The first kappa shape index (κ1) is 16.6. The summed E-state index contributed by atoms with van der Waals surface area (Å²) in [6.45, 7) is 3.02. The van der Waals surface area contributed by atoms with Crippen LogP contribution in [0.5, 0.6) is 0 Å². The molecule has 1 fully saturated rings. The number of aromatic nitrogens is 1. The van der Waals surface area contributed by atoms with Crippen molar-refractivity contribution in [3.05, 3.63) is 47.0 Å². The van der Waals surface area contributed by atoms with Crippen LogP contribution in [0, 0.1) is 0 Å². The Labute approximate surface area is 146 Å². The highest BCUT2D eigenvalue weighted by molar-refractivity contribution is 6.31. The summed E-state index contributed by atoms with van der Waals surface area (Å²) in [6, 6.07) is 10.8. The van der Waals surface area contributed by atoms with Gasteiger partial charge in [0.2, 0.25) is 0 Å². The molecule has 1 aromatic carbocycles. The molecule has 1 aliphatic carbocycles. The van der Waals surface area contributed by atoms with Crippen LogP contribution in [-0.2, 0) is 0 Å². The lowest BCUT2D eigenvalue weighted by atomic mass is 9.91. The lowest BCUT2D eigenvalue weighted by molar-refractivity contribution is 0.0697. The minimum absolute atomic E-state index is 0.252. The van der Waals surface area contributed by atoms with Gasteiger partial charge in [-0.1, -0.05) is 11.6 Å². The van der Waals surface area contributed by atoms with Gasteiger partial charge in [-0.05, 0) is 62.6 Å². The summed E-state index contributed by atoms with van der Waals surface area (Å²) in [7, 11) is 0. The Hall–Kier alpha value is -2.27. The van der Waals surface area contributed by atoms with Crippen LogP contribution < -0.4 is 10.2 Å². The zero-order valence-electron chi connectivity index (χ0n) is 13.5. The Kier molecular flexibility index (Phi) is 4.90. The van der Waals surface area contributed by atoms with Crippen LogP contribution in [0.1, 0.15) is 36.5 Å². The van der Waals surface area contributed by atoms with E-state index in [0.717, 1.165) is 18.1 Å². The molecule has 1 saturated carbocycles. The maximum Gasteiger partial charge on any atom is 0.335 e. The number of carbonyl (C=O) groups is 1. The highest BCUT2D eigenvalue weighted by Gasteiger charge is 2.25. The summed E-state index contributed by atoms with van der Waals surface area (Å²) >= 11 is 6.27.